The number of aliphatic hydroxyl groups is 1. The number of rotatable bonds is 6. The van der Waals surface area contributed by atoms with Crippen molar-refractivity contribution in [1.29, 1.82) is 0 Å². The Morgan fingerprint density at radius 2 is 2.20 bits per heavy atom. The van der Waals surface area contributed by atoms with Crippen LogP contribution in [0.4, 0.5) is 4.39 Å². The summed E-state index contributed by atoms with van der Waals surface area (Å²) in [5.41, 5.74) is 0. The van der Waals surface area contributed by atoms with Crippen LogP contribution in [0.2, 0.25) is 5.02 Å². The molecule has 0 saturated carbocycles. The highest BCUT2D eigenvalue weighted by Gasteiger charge is 2.16. The van der Waals surface area contributed by atoms with Crippen LogP contribution in [0, 0.1) is 5.82 Å². The number of hydrogen-bond donors (Lipinski definition) is 2. The van der Waals surface area contributed by atoms with Crippen LogP contribution in [-0.4, -0.2) is 43.3 Å². The summed E-state index contributed by atoms with van der Waals surface area (Å²) >= 11 is 5.70. The van der Waals surface area contributed by atoms with Crippen molar-refractivity contribution < 1.29 is 28.6 Å². The first-order chi connectivity index (χ1) is 9.43. The van der Waals surface area contributed by atoms with Crippen LogP contribution in [0.1, 0.15) is 0 Å². The summed E-state index contributed by atoms with van der Waals surface area (Å²) in [6.45, 7) is -0.689. The molecule has 0 aliphatic carbocycles. The molecule has 0 aromatic heterocycles. The number of esters is 1. The summed E-state index contributed by atoms with van der Waals surface area (Å²) in [7, 11) is 1.12. The number of amides is 1. The minimum Gasteiger partial charge on any atom is -0.482 e. The van der Waals surface area contributed by atoms with E-state index in [1.807, 2.05) is 0 Å². The van der Waals surface area contributed by atoms with Gasteiger partial charge in [0.15, 0.2) is 12.7 Å². The molecule has 0 aliphatic heterocycles. The molecule has 20 heavy (non-hydrogen) atoms. The Bertz CT molecular complexity index is 497. The first-order valence-corrected chi connectivity index (χ1v) is 5.92. The molecule has 2 N–H and O–H groups in total. The quantitative estimate of drug-likeness (QED) is 0.748. The number of carbonyl (C=O) groups excluding carboxylic acids is 2. The predicted molar refractivity (Wildman–Crippen MR) is 67.9 cm³/mol. The van der Waals surface area contributed by atoms with E-state index in [0.29, 0.717) is 0 Å². The average molecular weight is 306 g/mol. The van der Waals surface area contributed by atoms with Gasteiger partial charge in [0.25, 0.3) is 5.91 Å². The Hall–Kier alpha value is -1.86. The Morgan fingerprint density at radius 1 is 1.50 bits per heavy atom. The van der Waals surface area contributed by atoms with E-state index in [0.717, 1.165) is 19.2 Å². The van der Waals surface area contributed by atoms with Crippen LogP contribution in [-0.2, 0) is 14.3 Å². The number of nitrogens with one attached hydrogen (secondary N) is 1. The van der Waals surface area contributed by atoms with Gasteiger partial charge in [-0.05, 0) is 18.2 Å². The van der Waals surface area contributed by atoms with Gasteiger partial charge in [0.1, 0.15) is 11.6 Å². The zero-order valence-electron chi connectivity index (χ0n) is 10.6. The first kappa shape index (κ1) is 16.2. The second-order valence-corrected chi connectivity index (χ2v) is 4.11. The SMILES string of the molecule is COC(=O)C(O)CNC(=O)COc1ccc(F)cc1Cl. The molecule has 0 spiro atoms. The molecule has 1 aromatic rings. The molecule has 1 rings (SSSR count). The molecule has 1 atom stereocenters. The minimum atomic E-state index is -1.45. The molecule has 6 nitrogen and oxygen atoms in total. The number of carbonyl (C=O) groups is 2. The average Bonchev–Trinajstić information content (AvgIpc) is 2.42. The molecule has 0 bridgehead atoms. The molecule has 0 radical (unpaired) electrons. The van der Waals surface area contributed by atoms with Crippen molar-refractivity contribution in [3.8, 4) is 5.75 Å². The summed E-state index contributed by atoms with van der Waals surface area (Å²) < 4.78 is 22.1. The summed E-state index contributed by atoms with van der Waals surface area (Å²) in [6.07, 6.45) is -1.45. The third-order valence-corrected chi connectivity index (χ3v) is 2.51. The maximum absolute atomic E-state index is 12.8. The summed E-state index contributed by atoms with van der Waals surface area (Å²) in [4.78, 5) is 22.3. The molecule has 1 aromatic carbocycles. The van der Waals surface area contributed by atoms with Crippen molar-refractivity contribution in [2.24, 2.45) is 0 Å². The molecular formula is C12H13ClFNO5. The second-order valence-electron chi connectivity index (χ2n) is 3.71. The highest BCUT2D eigenvalue weighted by atomic mass is 35.5. The van der Waals surface area contributed by atoms with Crippen LogP contribution in [0.25, 0.3) is 0 Å². The Labute approximate surface area is 119 Å². The molecule has 0 saturated heterocycles. The van der Waals surface area contributed by atoms with Gasteiger partial charge >= 0.3 is 5.97 Å². The highest BCUT2D eigenvalue weighted by molar-refractivity contribution is 6.32. The molecule has 1 unspecified atom stereocenters. The molecule has 1 amide bonds. The van der Waals surface area contributed by atoms with Gasteiger partial charge in [-0.2, -0.15) is 0 Å². The van der Waals surface area contributed by atoms with Crippen LogP contribution in [0.15, 0.2) is 18.2 Å². The third kappa shape index (κ3) is 5.02. The maximum atomic E-state index is 12.8. The van der Waals surface area contributed by atoms with Gasteiger partial charge < -0.3 is 19.9 Å². The Morgan fingerprint density at radius 3 is 2.80 bits per heavy atom. The Kier molecular flexibility index (Phi) is 6.20. The zero-order valence-corrected chi connectivity index (χ0v) is 11.3. The van der Waals surface area contributed by atoms with E-state index in [-0.39, 0.29) is 23.9 Å². The standard InChI is InChI=1S/C12H13ClFNO5/c1-19-12(18)9(16)5-15-11(17)6-20-10-3-2-7(14)4-8(10)13/h2-4,9,16H,5-6H2,1H3,(H,15,17). The van der Waals surface area contributed by atoms with Crippen molar-refractivity contribution in [2.45, 2.75) is 6.10 Å². The molecule has 0 aliphatic rings. The summed E-state index contributed by atoms with van der Waals surface area (Å²) in [5, 5.41) is 11.5. The maximum Gasteiger partial charge on any atom is 0.336 e. The van der Waals surface area contributed by atoms with Crippen LogP contribution in [0.3, 0.4) is 0 Å². The molecule has 0 heterocycles. The predicted octanol–water partition coefficient (Wildman–Crippen LogP) is 0.508. The van der Waals surface area contributed by atoms with Crippen LogP contribution >= 0.6 is 11.6 Å². The van der Waals surface area contributed by atoms with Gasteiger partial charge in [0, 0.05) is 0 Å². The number of hydrogen-bond acceptors (Lipinski definition) is 5. The molecule has 8 heteroatoms. The lowest BCUT2D eigenvalue weighted by atomic mass is 10.3. The van der Waals surface area contributed by atoms with Gasteiger partial charge in [0.2, 0.25) is 0 Å². The largest absolute Gasteiger partial charge is 0.482 e. The van der Waals surface area contributed by atoms with E-state index in [1.165, 1.54) is 6.07 Å². The van der Waals surface area contributed by atoms with Crippen molar-refractivity contribution in [1.82, 2.24) is 5.32 Å². The van der Waals surface area contributed by atoms with Crippen molar-refractivity contribution in [2.75, 3.05) is 20.3 Å². The van der Waals surface area contributed by atoms with Gasteiger partial charge in [-0.25, -0.2) is 9.18 Å². The molecular weight excluding hydrogens is 293 g/mol. The van der Waals surface area contributed by atoms with Crippen LogP contribution in [0.5, 0.6) is 5.75 Å². The van der Waals surface area contributed by atoms with Crippen molar-refractivity contribution in [3.05, 3.63) is 29.0 Å². The van der Waals surface area contributed by atoms with Crippen molar-refractivity contribution >= 4 is 23.5 Å². The minimum absolute atomic E-state index is 0.0346. The van der Waals surface area contributed by atoms with Crippen molar-refractivity contribution in [3.63, 3.8) is 0 Å². The number of aliphatic hydroxyl groups excluding tert-OH is 1. The third-order valence-electron chi connectivity index (χ3n) is 2.22. The summed E-state index contributed by atoms with van der Waals surface area (Å²) in [6, 6.07) is 3.48. The van der Waals surface area contributed by atoms with E-state index in [9.17, 15) is 19.1 Å². The van der Waals surface area contributed by atoms with E-state index in [1.54, 1.807) is 0 Å². The smallest absolute Gasteiger partial charge is 0.336 e. The first-order valence-electron chi connectivity index (χ1n) is 5.54. The van der Waals surface area contributed by atoms with E-state index < -0.39 is 23.8 Å². The van der Waals surface area contributed by atoms with Crippen LogP contribution < -0.4 is 10.1 Å². The summed E-state index contributed by atoms with van der Waals surface area (Å²) in [5.74, 6) is -1.80. The van der Waals surface area contributed by atoms with Gasteiger partial charge in [-0.1, -0.05) is 11.6 Å². The zero-order chi connectivity index (χ0) is 15.1. The number of halogens is 2. The van der Waals surface area contributed by atoms with Gasteiger partial charge in [-0.3, -0.25) is 4.79 Å². The van der Waals surface area contributed by atoms with Gasteiger partial charge in [-0.15, -0.1) is 0 Å². The number of ether oxygens (including phenoxy) is 2. The lowest BCUT2D eigenvalue weighted by Crippen LogP contribution is -2.39. The van der Waals surface area contributed by atoms with E-state index >= 15 is 0 Å². The number of methoxy groups -OCH3 is 1. The van der Waals surface area contributed by atoms with E-state index in [2.05, 4.69) is 10.1 Å². The molecule has 110 valence electrons. The second kappa shape index (κ2) is 7.66. The number of benzene rings is 1. The Balaban J connectivity index is 2.38. The normalized spacial score (nSPS) is 11.6. The van der Waals surface area contributed by atoms with Gasteiger partial charge in [0.05, 0.1) is 18.7 Å². The fraction of sp³-hybridized carbons (Fsp3) is 0.333. The monoisotopic (exact) mass is 305 g/mol. The topological polar surface area (TPSA) is 84.9 Å². The van der Waals surface area contributed by atoms with E-state index in [4.69, 9.17) is 16.3 Å². The fourth-order valence-corrected chi connectivity index (χ4v) is 1.44. The fourth-order valence-electron chi connectivity index (χ4n) is 1.22. The lowest BCUT2D eigenvalue weighted by Gasteiger charge is -2.11. The molecule has 0 fully saturated rings. The lowest BCUT2D eigenvalue weighted by molar-refractivity contribution is -0.150. The highest BCUT2D eigenvalue weighted by Crippen LogP contribution is 2.24.